The fourth-order valence-corrected chi connectivity index (χ4v) is 3.16. The van der Waals surface area contributed by atoms with E-state index in [4.69, 9.17) is 4.74 Å². The van der Waals surface area contributed by atoms with Gasteiger partial charge in [-0.2, -0.15) is 0 Å². The zero-order valence-electron chi connectivity index (χ0n) is 18.5. The molecule has 1 heterocycles. The van der Waals surface area contributed by atoms with Gasteiger partial charge in [0, 0.05) is 13.1 Å². The van der Waals surface area contributed by atoms with Gasteiger partial charge in [0.1, 0.15) is 17.5 Å². The minimum atomic E-state index is -0.841. The lowest BCUT2D eigenvalue weighted by atomic mass is 10.2. The molecule has 0 fully saturated rings. The molecule has 2 aromatic carbocycles. The number of benzene rings is 2. The summed E-state index contributed by atoms with van der Waals surface area (Å²) in [7, 11) is 3.33. The molecule has 0 aliphatic heterocycles. The quantitative estimate of drug-likeness (QED) is 0.559. The predicted molar refractivity (Wildman–Crippen MR) is 124 cm³/mol. The van der Waals surface area contributed by atoms with Crippen LogP contribution in [-0.4, -0.2) is 34.3 Å². The van der Waals surface area contributed by atoms with E-state index in [1.165, 1.54) is 10.8 Å². The van der Waals surface area contributed by atoms with E-state index in [9.17, 15) is 14.4 Å². The van der Waals surface area contributed by atoms with Crippen molar-refractivity contribution in [3.8, 4) is 11.4 Å². The van der Waals surface area contributed by atoms with Gasteiger partial charge in [-0.25, -0.2) is 4.68 Å². The minimum absolute atomic E-state index is 0.177. The summed E-state index contributed by atoms with van der Waals surface area (Å²) >= 11 is 0. The molecule has 0 bridgehead atoms. The number of nitrogens with one attached hydrogen (secondary N) is 2. The van der Waals surface area contributed by atoms with Crippen LogP contribution >= 0.6 is 0 Å². The van der Waals surface area contributed by atoms with Crippen LogP contribution in [0.5, 0.6) is 5.75 Å². The molecular formula is C24H26N4O4. The molecule has 0 aliphatic carbocycles. The van der Waals surface area contributed by atoms with E-state index in [0.717, 1.165) is 11.3 Å². The second-order valence-corrected chi connectivity index (χ2v) is 7.26. The van der Waals surface area contributed by atoms with Gasteiger partial charge in [0.05, 0.1) is 18.5 Å². The van der Waals surface area contributed by atoms with Gasteiger partial charge in [-0.3, -0.25) is 19.1 Å². The van der Waals surface area contributed by atoms with Crippen molar-refractivity contribution in [3.05, 3.63) is 82.3 Å². The number of rotatable bonds is 7. The Labute approximate surface area is 186 Å². The molecular weight excluding hydrogens is 408 g/mol. The van der Waals surface area contributed by atoms with Crippen molar-refractivity contribution in [1.29, 1.82) is 0 Å². The van der Waals surface area contributed by atoms with Gasteiger partial charge in [-0.1, -0.05) is 30.3 Å². The van der Waals surface area contributed by atoms with E-state index < -0.39 is 17.9 Å². The Balaban J connectivity index is 1.67. The zero-order valence-corrected chi connectivity index (χ0v) is 18.5. The van der Waals surface area contributed by atoms with Crippen molar-refractivity contribution in [2.75, 3.05) is 12.4 Å². The first-order valence-electron chi connectivity index (χ1n) is 10.1. The number of carbonyl (C=O) groups is 2. The summed E-state index contributed by atoms with van der Waals surface area (Å²) < 4.78 is 8.25. The number of hydrogen-bond donors (Lipinski definition) is 2. The lowest BCUT2D eigenvalue weighted by Crippen LogP contribution is -2.41. The summed E-state index contributed by atoms with van der Waals surface area (Å²) in [5.41, 5.74) is 1.94. The molecule has 1 aromatic heterocycles. The van der Waals surface area contributed by atoms with Crippen LogP contribution in [0.2, 0.25) is 0 Å². The number of ether oxygens (including phenoxy) is 1. The smallest absolute Gasteiger partial charge is 0.295 e. The van der Waals surface area contributed by atoms with Crippen molar-refractivity contribution in [3.63, 3.8) is 0 Å². The van der Waals surface area contributed by atoms with Crippen LogP contribution in [0.1, 0.15) is 18.2 Å². The van der Waals surface area contributed by atoms with E-state index in [-0.39, 0.29) is 11.2 Å². The van der Waals surface area contributed by atoms with Gasteiger partial charge < -0.3 is 15.4 Å². The topological polar surface area (TPSA) is 94.4 Å². The Hall–Kier alpha value is -4.07. The van der Waals surface area contributed by atoms with Crippen molar-refractivity contribution in [2.45, 2.75) is 19.9 Å². The van der Waals surface area contributed by atoms with Crippen LogP contribution in [0.4, 0.5) is 5.69 Å². The van der Waals surface area contributed by atoms with Crippen molar-refractivity contribution >= 4 is 23.6 Å². The maximum Gasteiger partial charge on any atom is 0.295 e. The zero-order chi connectivity index (χ0) is 23.3. The average molecular weight is 434 g/mol. The molecule has 0 saturated carbocycles. The summed E-state index contributed by atoms with van der Waals surface area (Å²) in [6.07, 6.45) is 2.99. The Morgan fingerprint density at radius 3 is 2.34 bits per heavy atom. The lowest BCUT2D eigenvalue weighted by Gasteiger charge is -2.12. The number of amides is 2. The molecule has 8 heteroatoms. The second kappa shape index (κ2) is 9.82. The summed E-state index contributed by atoms with van der Waals surface area (Å²) in [6.45, 7) is 3.31. The molecule has 1 atom stereocenters. The van der Waals surface area contributed by atoms with Gasteiger partial charge in [-0.15, -0.1) is 0 Å². The number of anilines is 1. The normalized spacial score (nSPS) is 11.9. The number of carbonyl (C=O) groups excluding carboxylic acids is 2. The van der Waals surface area contributed by atoms with Gasteiger partial charge in [0.25, 0.3) is 5.56 Å². The maximum absolute atomic E-state index is 12.9. The van der Waals surface area contributed by atoms with Gasteiger partial charge in [0.2, 0.25) is 11.8 Å². The lowest BCUT2D eigenvalue weighted by molar-refractivity contribution is -0.123. The van der Waals surface area contributed by atoms with E-state index in [2.05, 4.69) is 10.6 Å². The highest BCUT2D eigenvalue weighted by molar-refractivity contribution is 6.00. The Bertz CT molecular complexity index is 1190. The third-order valence-electron chi connectivity index (χ3n) is 5.10. The summed E-state index contributed by atoms with van der Waals surface area (Å²) in [6, 6.07) is 15.5. The molecule has 8 nitrogen and oxygen atoms in total. The molecule has 3 rings (SSSR count). The molecule has 2 amide bonds. The van der Waals surface area contributed by atoms with E-state index >= 15 is 0 Å². The molecule has 32 heavy (non-hydrogen) atoms. The van der Waals surface area contributed by atoms with Crippen molar-refractivity contribution in [1.82, 2.24) is 14.7 Å². The number of methoxy groups -OCH3 is 1. The fourth-order valence-electron chi connectivity index (χ4n) is 3.16. The Kier molecular flexibility index (Phi) is 6.94. The highest BCUT2D eigenvalue weighted by atomic mass is 16.5. The van der Waals surface area contributed by atoms with E-state index in [1.54, 1.807) is 50.9 Å². The highest BCUT2D eigenvalue weighted by Crippen LogP contribution is 2.14. The Morgan fingerprint density at radius 1 is 1.06 bits per heavy atom. The molecule has 0 spiro atoms. The number of para-hydroxylation sites is 1. The first-order valence-corrected chi connectivity index (χ1v) is 10.1. The van der Waals surface area contributed by atoms with E-state index in [1.807, 2.05) is 42.5 Å². The van der Waals surface area contributed by atoms with Crippen LogP contribution in [-0.2, 0) is 16.6 Å². The summed E-state index contributed by atoms with van der Waals surface area (Å²) in [5, 5.41) is 5.26. The third-order valence-corrected chi connectivity index (χ3v) is 5.10. The second-order valence-electron chi connectivity index (χ2n) is 7.26. The predicted octanol–water partition coefficient (Wildman–Crippen LogP) is 2.65. The van der Waals surface area contributed by atoms with Crippen LogP contribution in [0.25, 0.3) is 11.8 Å². The number of hydrogen-bond acceptors (Lipinski definition) is 4. The van der Waals surface area contributed by atoms with Gasteiger partial charge in [0.15, 0.2) is 0 Å². The van der Waals surface area contributed by atoms with Crippen LogP contribution in [0, 0.1) is 6.92 Å². The van der Waals surface area contributed by atoms with Gasteiger partial charge in [-0.05, 0) is 49.8 Å². The van der Waals surface area contributed by atoms with Crippen LogP contribution in [0.15, 0.2) is 65.5 Å². The monoisotopic (exact) mass is 434 g/mol. The SMILES string of the molecule is COc1ccc(/C=C/C(=O)NC(C)C(=O)Nc2c(C)n(C)n(-c3ccccc3)c2=O)cc1. The largest absolute Gasteiger partial charge is 0.497 e. The molecule has 2 N–H and O–H groups in total. The fraction of sp³-hybridized carbons (Fsp3) is 0.208. The molecule has 3 aromatic rings. The third kappa shape index (κ3) is 4.97. The molecule has 1 unspecified atom stereocenters. The van der Waals surface area contributed by atoms with Crippen molar-refractivity contribution < 1.29 is 14.3 Å². The van der Waals surface area contributed by atoms with Crippen LogP contribution < -0.4 is 20.9 Å². The maximum atomic E-state index is 12.9. The first kappa shape index (κ1) is 22.6. The first-order chi connectivity index (χ1) is 15.3. The van der Waals surface area contributed by atoms with Gasteiger partial charge >= 0.3 is 0 Å². The van der Waals surface area contributed by atoms with E-state index in [0.29, 0.717) is 11.4 Å². The van der Waals surface area contributed by atoms with Crippen molar-refractivity contribution in [2.24, 2.45) is 7.05 Å². The average Bonchev–Trinajstić information content (AvgIpc) is 3.01. The molecule has 166 valence electrons. The summed E-state index contributed by atoms with van der Waals surface area (Å²) in [4.78, 5) is 37.8. The molecule has 0 radical (unpaired) electrons. The Morgan fingerprint density at radius 2 is 1.72 bits per heavy atom. The summed E-state index contributed by atoms with van der Waals surface area (Å²) in [5.74, 6) is -0.184. The number of aromatic nitrogens is 2. The molecule has 0 saturated heterocycles. The minimum Gasteiger partial charge on any atom is -0.497 e. The standard InChI is InChI=1S/C24H26N4O4/c1-16(25-21(29)15-12-18-10-13-20(32-4)14-11-18)23(30)26-22-17(2)27(3)28(24(22)31)19-8-6-5-7-9-19/h5-16H,1-4H3,(H,25,29)(H,26,30)/b15-12+. The molecule has 0 aliphatic rings. The highest BCUT2D eigenvalue weighted by Gasteiger charge is 2.21. The number of nitrogens with zero attached hydrogens (tertiary/aromatic N) is 2. The van der Waals surface area contributed by atoms with Crippen LogP contribution in [0.3, 0.4) is 0 Å².